The Morgan fingerprint density at radius 2 is 2.25 bits per heavy atom. The van der Waals surface area contributed by atoms with E-state index in [1.54, 1.807) is 6.07 Å². The number of hydrogen-bond donors (Lipinski definition) is 2. The summed E-state index contributed by atoms with van der Waals surface area (Å²) in [5.74, 6) is 0.562. The lowest BCUT2D eigenvalue weighted by Gasteiger charge is -2.41. The van der Waals surface area contributed by atoms with E-state index in [4.69, 9.17) is 15.7 Å². The van der Waals surface area contributed by atoms with Gasteiger partial charge in [-0.15, -0.1) is 0 Å². The van der Waals surface area contributed by atoms with Crippen LogP contribution in [-0.4, -0.2) is 45.8 Å². The molecule has 0 bridgehead atoms. The van der Waals surface area contributed by atoms with E-state index in [1.807, 2.05) is 27.7 Å². The van der Waals surface area contributed by atoms with E-state index in [0.29, 0.717) is 24.7 Å². The van der Waals surface area contributed by atoms with Crippen LogP contribution in [0.1, 0.15) is 32.2 Å². The van der Waals surface area contributed by atoms with Crippen LogP contribution in [0.2, 0.25) is 0 Å². The molecule has 2 rings (SSSR count). The SMILES string of the molecule is Cc1cc(/C(N)=N/O)nc(N2CC(C)OC(C)(C)C2)n1. The monoisotopic (exact) mass is 279 g/mol. The maximum absolute atomic E-state index is 8.77. The molecule has 1 saturated heterocycles. The van der Waals surface area contributed by atoms with E-state index in [0.717, 1.165) is 5.69 Å². The standard InChI is InChI=1S/C13H21N5O2/c1-8-5-10(11(14)17-19)16-12(15-8)18-6-9(2)20-13(3,4)7-18/h5,9,19H,6-7H2,1-4H3,(H2,14,17). The quantitative estimate of drug-likeness (QED) is 0.361. The number of morpholine rings is 1. The first-order valence-electron chi connectivity index (χ1n) is 6.57. The fraction of sp³-hybridized carbons (Fsp3) is 0.615. The third-order valence-electron chi connectivity index (χ3n) is 3.06. The van der Waals surface area contributed by atoms with Crippen LogP contribution in [0.15, 0.2) is 11.2 Å². The van der Waals surface area contributed by atoms with Gasteiger partial charge in [0, 0.05) is 18.8 Å². The number of ether oxygens (including phenoxy) is 1. The van der Waals surface area contributed by atoms with Crippen molar-refractivity contribution < 1.29 is 9.94 Å². The van der Waals surface area contributed by atoms with Crippen LogP contribution >= 0.6 is 0 Å². The average Bonchev–Trinajstić information content (AvgIpc) is 2.34. The van der Waals surface area contributed by atoms with Gasteiger partial charge in [0.25, 0.3) is 0 Å². The van der Waals surface area contributed by atoms with Gasteiger partial charge in [0.1, 0.15) is 5.69 Å². The molecule has 7 heteroatoms. The zero-order valence-electron chi connectivity index (χ0n) is 12.3. The molecule has 3 N–H and O–H groups in total. The molecular formula is C13H21N5O2. The molecule has 1 fully saturated rings. The van der Waals surface area contributed by atoms with Gasteiger partial charge in [-0.2, -0.15) is 0 Å². The minimum Gasteiger partial charge on any atom is -0.409 e. The Kier molecular flexibility index (Phi) is 3.80. The number of nitrogens with two attached hydrogens (primary N) is 1. The van der Waals surface area contributed by atoms with Gasteiger partial charge in [-0.1, -0.05) is 5.16 Å². The van der Waals surface area contributed by atoms with E-state index in [2.05, 4.69) is 20.0 Å². The van der Waals surface area contributed by atoms with Crippen LogP contribution in [0.4, 0.5) is 5.95 Å². The largest absolute Gasteiger partial charge is 0.409 e. The molecule has 0 radical (unpaired) electrons. The van der Waals surface area contributed by atoms with Crippen molar-refractivity contribution in [3.8, 4) is 0 Å². The summed E-state index contributed by atoms with van der Waals surface area (Å²) in [4.78, 5) is 10.9. The molecule has 1 aliphatic heterocycles. The Morgan fingerprint density at radius 1 is 1.55 bits per heavy atom. The van der Waals surface area contributed by atoms with Crippen molar-refractivity contribution in [1.29, 1.82) is 0 Å². The second kappa shape index (κ2) is 5.24. The number of oxime groups is 1. The fourth-order valence-electron chi connectivity index (χ4n) is 2.48. The average molecular weight is 279 g/mol. The Hall–Kier alpha value is -1.89. The molecule has 2 heterocycles. The minimum absolute atomic E-state index is 0.0164. The van der Waals surface area contributed by atoms with Crippen LogP contribution in [0, 0.1) is 6.92 Å². The molecular weight excluding hydrogens is 258 g/mol. The molecule has 7 nitrogen and oxygen atoms in total. The summed E-state index contributed by atoms with van der Waals surface area (Å²) in [6.45, 7) is 9.35. The van der Waals surface area contributed by atoms with Crippen LogP contribution in [-0.2, 0) is 4.74 Å². The highest BCUT2D eigenvalue weighted by Crippen LogP contribution is 2.24. The molecule has 0 aromatic carbocycles. The predicted molar refractivity (Wildman–Crippen MR) is 76.1 cm³/mol. The number of rotatable bonds is 2. The van der Waals surface area contributed by atoms with Gasteiger partial charge in [-0.3, -0.25) is 0 Å². The summed E-state index contributed by atoms with van der Waals surface area (Å²) in [6, 6.07) is 1.69. The van der Waals surface area contributed by atoms with Gasteiger partial charge >= 0.3 is 0 Å². The number of hydrogen-bond acceptors (Lipinski definition) is 6. The van der Waals surface area contributed by atoms with Crippen LogP contribution in [0.25, 0.3) is 0 Å². The highest BCUT2D eigenvalue weighted by atomic mass is 16.5. The van der Waals surface area contributed by atoms with Gasteiger partial charge in [-0.25, -0.2) is 9.97 Å². The molecule has 0 amide bonds. The van der Waals surface area contributed by atoms with Gasteiger partial charge < -0.3 is 20.6 Å². The lowest BCUT2D eigenvalue weighted by molar-refractivity contribution is -0.0753. The van der Waals surface area contributed by atoms with Crippen LogP contribution in [0.5, 0.6) is 0 Å². The van der Waals surface area contributed by atoms with Crippen LogP contribution < -0.4 is 10.6 Å². The summed E-state index contributed by atoms with van der Waals surface area (Å²) in [5, 5.41) is 11.8. The second-order valence-corrected chi connectivity index (χ2v) is 5.75. The highest BCUT2D eigenvalue weighted by molar-refractivity contribution is 5.95. The van der Waals surface area contributed by atoms with Gasteiger partial charge in [0.2, 0.25) is 5.95 Å². The molecule has 1 aliphatic rings. The topological polar surface area (TPSA) is 96.9 Å². The molecule has 20 heavy (non-hydrogen) atoms. The molecule has 1 aromatic heterocycles. The van der Waals surface area contributed by atoms with Gasteiger partial charge in [-0.05, 0) is 33.8 Å². The normalized spacial score (nSPS) is 22.9. The lowest BCUT2D eigenvalue weighted by atomic mass is 10.1. The first-order valence-corrected chi connectivity index (χ1v) is 6.57. The van der Waals surface area contributed by atoms with E-state index >= 15 is 0 Å². The third-order valence-corrected chi connectivity index (χ3v) is 3.06. The maximum Gasteiger partial charge on any atom is 0.226 e. The minimum atomic E-state index is -0.262. The lowest BCUT2D eigenvalue weighted by Crippen LogP contribution is -2.52. The summed E-state index contributed by atoms with van der Waals surface area (Å²) < 4.78 is 5.87. The zero-order chi connectivity index (χ0) is 14.9. The molecule has 0 spiro atoms. The van der Waals surface area contributed by atoms with Crippen molar-refractivity contribution in [3.63, 3.8) is 0 Å². The smallest absolute Gasteiger partial charge is 0.226 e. The Morgan fingerprint density at radius 3 is 2.85 bits per heavy atom. The van der Waals surface area contributed by atoms with Crippen LogP contribution in [0.3, 0.4) is 0 Å². The van der Waals surface area contributed by atoms with E-state index in [1.165, 1.54) is 0 Å². The third kappa shape index (κ3) is 3.16. The van der Waals surface area contributed by atoms with Crippen molar-refractivity contribution in [2.45, 2.75) is 39.4 Å². The van der Waals surface area contributed by atoms with Crippen molar-refractivity contribution in [2.75, 3.05) is 18.0 Å². The van der Waals surface area contributed by atoms with Gasteiger partial charge in [0.15, 0.2) is 5.84 Å². The number of anilines is 1. The van der Waals surface area contributed by atoms with E-state index in [9.17, 15) is 0 Å². The fourth-order valence-corrected chi connectivity index (χ4v) is 2.48. The summed E-state index contributed by atoms with van der Waals surface area (Å²) >= 11 is 0. The van der Waals surface area contributed by atoms with Crippen molar-refractivity contribution in [1.82, 2.24) is 9.97 Å². The highest BCUT2D eigenvalue weighted by Gasteiger charge is 2.32. The zero-order valence-corrected chi connectivity index (χ0v) is 12.3. The molecule has 0 saturated carbocycles. The Balaban J connectivity index is 2.35. The number of aryl methyl sites for hydroxylation is 1. The number of nitrogens with zero attached hydrogens (tertiary/aromatic N) is 4. The molecule has 0 aliphatic carbocycles. The summed E-state index contributed by atoms with van der Waals surface area (Å²) in [6.07, 6.45) is 0.0927. The maximum atomic E-state index is 8.77. The van der Waals surface area contributed by atoms with E-state index < -0.39 is 0 Å². The number of aromatic nitrogens is 2. The van der Waals surface area contributed by atoms with Crippen molar-refractivity contribution in [3.05, 3.63) is 17.5 Å². The Bertz CT molecular complexity index is 529. The molecule has 1 aromatic rings. The number of amidine groups is 1. The van der Waals surface area contributed by atoms with Crippen molar-refractivity contribution in [2.24, 2.45) is 10.9 Å². The molecule has 1 atom stereocenters. The van der Waals surface area contributed by atoms with Gasteiger partial charge in [0.05, 0.1) is 11.7 Å². The predicted octanol–water partition coefficient (Wildman–Crippen LogP) is 0.883. The first kappa shape index (κ1) is 14.5. The van der Waals surface area contributed by atoms with Crippen molar-refractivity contribution >= 4 is 11.8 Å². The molecule has 110 valence electrons. The molecule has 1 unspecified atom stereocenters. The van der Waals surface area contributed by atoms with E-state index in [-0.39, 0.29) is 17.5 Å². The summed E-state index contributed by atoms with van der Waals surface area (Å²) in [5.41, 5.74) is 6.54. The first-order chi connectivity index (χ1) is 9.30. The Labute approximate surface area is 118 Å². The summed E-state index contributed by atoms with van der Waals surface area (Å²) in [7, 11) is 0. The second-order valence-electron chi connectivity index (χ2n) is 5.75.